The van der Waals surface area contributed by atoms with E-state index in [1.54, 1.807) is 12.0 Å². The summed E-state index contributed by atoms with van der Waals surface area (Å²) in [5.74, 6) is -1.28. The molecule has 0 bridgehead atoms. The molecule has 0 radical (unpaired) electrons. The first-order valence-electron chi connectivity index (χ1n) is 9.41. The van der Waals surface area contributed by atoms with Crippen molar-refractivity contribution in [3.8, 4) is 5.75 Å². The van der Waals surface area contributed by atoms with Crippen molar-refractivity contribution in [3.05, 3.63) is 65.7 Å². The number of rotatable bonds is 8. The van der Waals surface area contributed by atoms with Gasteiger partial charge in [-0.1, -0.05) is 42.5 Å². The van der Waals surface area contributed by atoms with E-state index >= 15 is 0 Å². The Balaban J connectivity index is 1.66. The topological polar surface area (TPSA) is 87.2 Å². The van der Waals surface area contributed by atoms with Gasteiger partial charge < -0.3 is 19.6 Å². The van der Waals surface area contributed by atoms with Crippen LogP contribution in [0.5, 0.6) is 5.75 Å². The Hall–Kier alpha value is -3.35. The highest BCUT2D eigenvalue weighted by atomic mass is 16.5. The van der Waals surface area contributed by atoms with Crippen molar-refractivity contribution in [2.75, 3.05) is 20.2 Å². The summed E-state index contributed by atoms with van der Waals surface area (Å²) < 4.78 is 5.14. The van der Waals surface area contributed by atoms with Gasteiger partial charge in [-0.2, -0.15) is 0 Å². The van der Waals surface area contributed by atoms with Crippen molar-refractivity contribution in [3.63, 3.8) is 0 Å². The van der Waals surface area contributed by atoms with Gasteiger partial charge >= 0.3 is 5.97 Å². The van der Waals surface area contributed by atoms with Gasteiger partial charge in [0.05, 0.1) is 13.0 Å². The highest BCUT2D eigenvalue weighted by Gasteiger charge is 2.37. The lowest BCUT2D eigenvalue weighted by Gasteiger charge is -2.24. The second-order valence-electron chi connectivity index (χ2n) is 7.10. The lowest BCUT2D eigenvalue weighted by molar-refractivity contribution is -0.146. The maximum Gasteiger partial charge on any atom is 0.323 e. The molecule has 7 nitrogen and oxygen atoms in total. The lowest BCUT2D eigenvalue weighted by Crippen LogP contribution is -2.40. The normalized spacial score (nSPS) is 16.0. The number of hydrogen-bond acceptors (Lipinski definition) is 4. The molecule has 0 aliphatic carbocycles. The fourth-order valence-corrected chi connectivity index (χ4v) is 3.48. The first-order chi connectivity index (χ1) is 14.0. The van der Waals surface area contributed by atoms with Crippen LogP contribution < -0.4 is 4.74 Å². The quantitative estimate of drug-likeness (QED) is 0.739. The van der Waals surface area contributed by atoms with Gasteiger partial charge in [-0.15, -0.1) is 0 Å². The molecule has 0 spiro atoms. The number of aliphatic carboxylic acids is 1. The van der Waals surface area contributed by atoms with E-state index in [9.17, 15) is 19.5 Å². The third-order valence-electron chi connectivity index (χ3n) is 4.95. The molecule has 29 heavy (non-hydrogen) atoms. The van der Waals surface area contributed by atoms with Gasteiger partial charge in [0, 0.05) is 26.1 Å². The van der Waals surface area contributed by atoms with Crippen LogP contribution in [0.2, 0.25) is 0 Å². The lowest BCUT2D eigenvalue weighted by atomic mass is 10.1. The molecule has 0 aromatic heterocycles. The van der Waals surface area contributed by atoms with Crippen LogP contribution in [0.4, 0.5) is 0 Å². The number of methoxy groups -OCH3 is 1. The molecule has 1 unspecified atom stereocenters. The number of ether oxygens (including phenoxy) is 1. The number of amides is 2. The molecule has 3 rings (SSSR count). The smallest absolute Gasteiger partial charge is 0.323 e. The summed E-state index contributed by atoms with van der Waals surface area (Å²) in [6, 6.07) is 16.7. The molecular formula is C22H24N2O5. The molecule has 1 aliphatic rings. The van der Waals surface area contributed by atoms with Crippen molar-refractivity contribution < 1.29 is 24.2 Å². The summed E-state index contributed by atoms with van der Waals surface area (Å²) >= 11 is 0. The number of carboxylic acid groups (broad SMARTS) is 1. The molecule has 2 amide bonds. The Bertz CT molecular complexity index is 867. The first-order valence-corrected chi connectivity index (χ1v) is 9.41. The summed E-state index contributed by atoms with van der Waals surface area (Å²) in [4.78, 5) is 39.6. The number of benzene rings is 2. The van der Waals surface area contributed by atoms with Gasteiger partial charge in [0.25, 0.3) is 0 Å². The molecule has 1 heterocycles. The average molecular weight is 396 g/mol. The predicted molar refractivity (Wildman–Crippen MR) is 106 cm³/mol. The molecule has 1 atom stereocenters. The van der Waals surface area contributed by atoms with E-state index in [1.807, 2.05) is 54.6 Å². The zero-order valence-corrected chi connectivity index (χ0v) is 16.3. The maximum atomic E-state index is 13.0. The third-order valence-corrected chi connectivity index (χ3v) is 4.95. The van der Waals surface area contributed by atoms with Crippen LogP contribution in [0, 0.1) is 5.92 Å². The number of carbonyl (C=O) groups excluding carboxylic acids is 2. The van der Waals surface area contributed by atoms with E-state index < -0.39 is 18.4 Å². The van der Waals surface area contributed by atoms with Crippen molar-refractivity contribution >= 4 is 17.8 Å². The molecule has 1 aliphatic heterocycles. The van der Waals surface area contributed by atoms with Crippen LogP contribution in [0.1, 0.15) is 17.5 Å². The Morgan fingerprint density at radius 1 is 1.10 bits per heavy atom. The maximum absolute atomic E-state index is 13.0. The molecule has 152 valence electrons. The van der Waals surface area contributed by atoms with Gasteiger partial charge in [-0.05, 0) is 23.3 Å². The number of carboxylic acids is 1. The molecule has 1 fully saturated rings. The fraction of sp³-hybridized carbons (Fsp3) is 0.318. The summed E-state index contributed by atoms with van der Waals surface area (Å²) in [6.45, 7) is 0.505. The summed E-state index contributed by atoms with van der Waals surface area (Å²) in [5, 5.41) is 9.21. The summed E-state index contributed by atoms with van der Waals surface area (Å²) in [7, 11) is 1.59. The van der Waals surface area contributed by atoms with Gasteiger partial charge in [-0.3, -0.25) is 14.4 Å². The van der Waals surface area contributed by atoms with Crippen LogP contribution in [0.3, 0.4) is 0 Å². The minimum atomic E-state index is -1.08. The van der Waals surface area contributed by atoms with E-state index in [1.165, 1.54) is 4.90 Å². The molecule has 1 saturated heterocycles. The van der Waals surface area contributed by atoms with Crippen LogP contribution in [-0.2, 0) is 27.5 Å². The Morgan fingerprint density at radius 2 is 1.79 bits per heavy atom. The van der Waals surface area contributed by atoms with E-state index in [2.05, 4.69) is 0 Å². The van der Waals surface area contributed by atoms with E-state index in [0.717, 1.165) is 16.9 Å². The van der Waals surface area contributed by atoms with Crippen molar-refractivity contribution in [2.45, 2.75) is 19.5 Å². The highest BCUT2D eigenvalue weighted by Crippen LogP contribution is 2.24. The average Bonchev–Trinajstić information content (AvgIpc) is 3.08. The standard InChI is InChI=1S/C22H24N2O5/c1-29-19-9-7-17(8-10-19)12-23-14-18(11-20(23)25)22(28)24(15-21(26)27)13-16-5-3-2-4-6-16/h2-10,18H,11-15H2,1H3,(H,26,27). The summed E-state index contributed by atoms with van der Waals surface area (Å²) in [6.07, 6.45) is 0.0971. The molecule has 2 aromatic rings. The third kappa shape index (κ3) is 5.34. The zero-order valence-electron chi connectivity index (χ0n) is 16.3. The number of likely N-dealkylation sites (tertiary alicyclic amines) is 1. The largest absolute Gasteiger partial charge is 0.497 e. The van der Waals surface area contributed by atoms with Crippen molar-refractivity contribution in [1.29, 1.82) is 0 Å². The van der Waals surface area contributed by atoms with Crippen LogP contribution in [0.25, 0.3) is 0 Å². The Kier molecular flexibility index (Phi) is 6.49. The van der Waals surface area contributed by atoms with Crippen LogP contribution >= 0.6 is 0 Å². The SMILES string of the molecule is COc1ccc(CN2CC(C(=O)N(CC(=O)O)Cc3ccccc3)CC2=O)cc1. The molecule has 1 N–H and O–H groups in total. The second-order valence-corrected chi connectivity index (χ2v) is 7.10. The monoisotopic (exact) mass is 396 g/mol. The van der Waals surface area contributed by atoms with E-state index in [4.69, 9.17) is 4.74 Å². The summed E-state index contributed by atoms with van der Waals surface area (Å²) in [5.41, 5.74) is 1.79. The van der Waals surface area contributed by atoms with Gasteiger partial charge in [0.15, 0.2) is 0 Å². The molecule has 0 saturated carbocycles. The minimum absolute atomic E-state index is 0.0971. The fourth-order valence-electron chi connectivity index (χ4n) is 3.48. The minimum Gasteiger partial charge on any atom is -0.497 e. The number of carbonyl (C=O) groups is 3. The predicted octanol–water partition coefficient (Wildman–Crippen LogP) is 2.16. The van der Waals surface area contributed by atoms with Gasteiger partial charge in [-0.25, -0.2) is 0 Å². The van der Waals surface area contributed by atoms with Gasteiger partial charge in [0.1, 0.15) is 12.3 Å². The second kappa shape index (κ2) is 9.23. The number of hydrogen-bond donors (Lipinski definition) is 1. The van der Waals surface area contributed by atoms with Crippen molar-refractivity contribution in [2.24, 2.45) is 5.92 Å². The molecule has 2 aromatic carbocycles. The van der Waals surface area contributed by atoms with E-state index in [-0.39, 0.29) is 31.3 Å². The van der Waals surface area contributed by atoms with E-state index in [0.29, 0.717) is 6.54 Å². The Labute approximate surface area is 169 Å². The van der Waals surface area contributed by atoms with Gasteiger partial charge in [0.2, 0.25) is 11.8 Å². The van der Waals surface area contributed by atoms with Crippen LogP contribution in [-0.4, -0.2) is 52.9 Å². The Morgan fingerprint density at radius 3 is 2.41 bits per heavy atom. The molecule has 7 heteroatoms. The van der Waals surface area contributed by atoms with Crippen molar-refractivity contribution in [1.82, 2.24) is 9.80 Å². The van der Waals surface area contributed by atoms with Crippen LogP contribution in [0.15, 0.2) is 54.6 Å². The number of nitrogens with zero attached hydrogens (tertiary/aromatic N) is 2. The zero-order chi connectivity index (χ0) is 20.8. The highest BCUT2D eigenvalue weighted by molar-refractivity contribution is 5.90. The first kappa shape index (κ1) is 20.4. The molecular weight excluding hydrogens is 372 g/mol.